The van der Waals surface area contributed by atoms with Crippen LogP contribution in [0.3, 0.4) is 0 Å². The molecule has 1 aromatic rings. The number of hydrogen-bond donors (Lipinski definition) is 1. The molecule has 20 heavy (non-hydrogen) atoms. The fourth-order valence-electron chi connectivity index (χ4n) is 3.10. The van der Waals surface area contributed by atoms with E-state index in [4.69, 9.17) is 0 Å². The van der Waals surface area contributed by atoms with Crippen molar-refractivity contribution in [1.29, 1.82) is 0 Å². The maximum atomic E-state index is 13.3. The summed E-state index contributed by atoms with van der Waals surface area (Å²) in [5.41, 5.74) is 1.05. The molecule has 2 nitrogen and oxygen atoms in total. The fraction of sp³-hybridized carbons (Fsp3) is 0.647. The molecule has 1 fully saturated rings. The van der Waals surface area contributed by atoms with E-state index in [1.807, 2.05) is 6.07 Å². The number of likely N-dealkylation sites (tertiary alicyclic amines) is 1. The second-order valence-electron chi connectivity index (χ2n) is 5.94. The zero-order valence-corrected chi connectivity index (χ0v) is 12.7. The Morgan fingerprint density at radius 2 is 2.00 bits per heavy atom. The first-order chi connectivity index (χ1) is 9.69. The molecule has 2 rings (SSSR count). The predicted molar refractivity (Wildman–Crippen MR) is 82.3 cm³/mol. The van der Waals surface area contributed by atoms with Crippen LogP contribution >= 0.6 is 0 Å². The summed E-state index contributed by atoms with van der Waals surface area (Å²) in [6.45, 7) is 7.92. The van der Waals surface area contributed by atoms with Crippen LogP contribution in [0, 0.1) is 5.82 Å². The zero-order chi connectivity index (χ0) is 14.4. The highest BCUT2D eigenvalue weighted by Gasteiger charge is 2.17. The highest BCUT2D eigenvalue weighted by Crippen LogP contribution is 2.18. The molecule has 3 heteroatoms. The maximum Gasteiger partial charge on any atom is 0.123 e. The molecule has 1 N–H and O–H groups in total. The van der Waals surface area contributed by atoms with Crippen LogP contribution < -0.4 is 5.32 Å². The molecule has 0 bridgehead atoms. The van der Waals surface area contributed by atoms with Crippen molar-refractivity contribution < 1.29 is 4.39 Å². The van der Waals surface area contributed by atoms with Gasteiger partial charge in [-0.3, -0.25) is 0 Å². The molecule has 0 radical (unpaired) electrons. The minimum absolute atomic E-state index is 0.147. The number of rotatable bonds is 6. The van der Waals surface area contributed by atoms with Crippen molar-refractivity contribution in [1.82, 2.24) is 10.2 Å². The summed E-state index contributed by atoms with van der Waals surface area (Å²) >= 11 is 0. The monoisotopic (exact) mass is 278 g/mol. The molecule has 1 aliphatic rings. The molecule has 0 saturated carbocycles. The molecule has 0 aliphatic carbocycles. The Morgan fingerprint density at radius 1 is 1.25 bits per heavy atom. The summed E-state index contributed by atoms with van der Waals surface area (Å²) in [6, 6.07) is 7.64. The van der Waals surface area contributed by atoms with E-state index < -0.39 is 0 Å². The van der Waals surface area contributed by atoms with Gasteiger partial charge in [-0.25, -0.2) is 4.39 Å². The third kappa shape index (κ3) is 4.57. The summed E-state index contributed by atoms with van der Waals surface area (Å²) in [6.07, 6.45) is 5.01. The first-order valence-corrected chi connectivity index (χ1v) is 7.93. The Bertz CT molecular complexity index is 402. The average Bonchev–Trinajstić information content (AvgIpc) is 2.46. The van der Waals surface area contributed by atoms with Crippen LogP contribution in [0.4, 0.5) is 4.39 Å². The lowest BCUT2D eigenvalue weighted by Crippen LogP contribution is -2.42. The first kappa shape index (κ1) is 15.5. The van der Waals surface area contributed by atoms with E-state index in [1.165, 1.54) is 38.4 Å². The van der Waals surface area contributed by atoms with Gasteiger partial charge in [-0.1, -0.05) is 25.5 Å². The smallest absolute Gasteiger partial charge is 0.123 e. The van der Waals surface area contributed by atoms with Crippen LogP contribution in [0.2, 0.25) is 0 Å². The lowest BCUT2D eigenvalue weighted by Gasteiger charge is -2.31. The van der Waals surface area contributed by atoms with Crippen molar-refractivity contribution in [2.45, 2.75) is 51.6 Å². The molecular formula is C17H27FN2. The summed E-state index contributed by atoms with van der Waals surface area (Å²) in [5, 5.41) is 3.65. The van der Waals surface area contributed by atoms with Gasteiger partial charge in [0.1, 0.15) is 5.82 Å². The normalized spacial score (nSPS) is 19.8. The van der Waals surface area contributed by atoms with E-state index >= 15 is 0 Å². The maximum absolute atomic E-state index is 13.3. The van der Waals surface area contributed by atoms with Gasteiger partial charge >= 0.3 is 0 Å². The van der Waals surface area contributed by atoms with Crippen molar-refractivity contribution in [3.8, 4) is 0 Å². The van der Waals surface area contributed by atoms with E-state index in [-0.39, 0.29) is 11.9 Å². The number of nitrogens with zero attached hydrogens (tertiary/aromatic N) is 1. The first-order valence-electron chi connectivity index (χ1n) is 7.93. The highest BCUT2D eigenvalue weighted by atomic mass is 19.1. The molecular weight excluding hydrogens is 251 g/mol. The van der Waals surface area contributed by atoms with Crippen LogP contribution in [-0.2, 0) is 0 Å². The minimum Gasteiger partial charge on any atom is -0.306 e. The van der Waals surface area contributed by atoms with Crippen molar-refractivity contribution in [2.24, 2.45) is 0 Å². The van der Waals surface area contributed by atoms with Gasteiger partial charge in [0.05, 0.1) is 0 Å². The molecule has 2 atom stereocenters. The van der Waals surface area contributed by atoms with E-state index in [0.29, 0.717) is 6.04 Å². The molecule has 2 unspecified atom stereocenters. The van der Waals surface area contributed by atoms with Crippen LogP contribution in [0.5, 0.6) is 0 Å². The van der Waals surface area contributed by atoms with Crippen LogP contribution in [0.1, 0.15) is 51.1 Å². The molecule has 1 heterocycles. The van der Waals surface area contributed by atoms with Gasteiger partial charge in [0.25, 0.3) is 0 Å². The lowest BCUT2D eigenvalue weighted by atomic mass is 10.0. The number of piperidine rings is 1. The molecule has 0 spiro atoms. The van der Waals surface area contributed by atoms with Gasteiger partial charge in [-0.15, -0.1) is 0 Å². The highest BCUT2D eigenvalue weighted by molar-refractivity contribution is 5.20. The van der Waals surface area contributed by atoms with Gasteiger partial charge in [-0.2, -0.15) is 0 Å². The molecule has 1 saturated heterocycles. The van der Waals surface area contributed by atoms with E-state index in [0.717, 1.165) is 18.5 Å². The largest absolute Gasteiger partial charge is 0.306 e. The molecule has 1 aliphatic heterocycles. The molecule has 0 aromatic heterocycles. The third-order valence-corrected chi connectivity index (χ3v) is 4.13. The van der Waals surface area contributed by atoms with Crippen LogP contribution in [-0.4, -0.2) is 30.6 Å². The van der Waals surface area contributed by atoms with Crippen molar-refractivity contribution in [2.75, 3.05) is 19.6 Å². The topological polar surface area (TPSA) is 15.3 Å². The number of nitrogens with one attached hydrogen (secondary N) is 1. The number of benzene rings is 1. The van der Waals surface area contributed by atoms with Gasteiger partial charge in [0, 0.05) is 18.6 Å². The second-order valence-corrected chi connectivity index (χ2v) is 5.94. The SMILES string of the molecule is CCC(NC(C)CN1CCCCC1)c1cccc(F)c1. The van der Waals surface area contributed by atoms with Crippen molar-refractivity contribution in [3.05, 3.63) is 35.6 Å². The Kier molecular flexibility index (Phi) is 5.99. The third-order valence-electron chi connectivity index (χ3n) is 4.13. The summed E-state index contributed by atoms with van der Waals surface area (Å²) < 4.78 is 13.3. The lowest BCUT2D eigenvalue weighted by molar-refractivity contribution is 0.203. The van der Waals surface area contributed by atoms with Gasteiger partial charge < -0.3 is 10.2 Å². The van der Waals surface area contributed by atoms with E-state index in [9.17, 15) is 4.39 Å². The summed E-state index contributed by atoms with van der Waals surface area (Å²) in [4.78, 5) is 2.54. The minimum atomic E-state index is -0.147. The number of hydrogen-bond acceptors (Lipinski definition) is 2. The molecule has 112 valence electrons. The van der Waals surface area contributed by atoms with Crippen molar-refractivity contribution >= 4 is 0 Å². The van der Waals surface area contributed by atoms with E-state index in [2.05, 4.69) is 24.1 Å². The van der Waals surface area contributed by atoms with Crippen molar-refractivity contribution in [3.63, 3.8) is 0 Å². The quantitative estimate of drug-likeness (QED) is 0.852. The van der Waals surface area contributed by atoms with Gasteiger partial charge in [0.2, 0.25) is 0 Å². The van der Waals surface area contributed by atoms with Crippen LogP contribution in [0.25, 0.3) is 0 Å². The molecule has 0 amide bonds. The fourth-order valence-corrected chi connectivity index (χ4v) is 3.10. The Hall–Kier alpha value is -0.930. The zero-order valence-electron chi connectivity index (χ0n) is 12.7. The predicted octanol–water partition coefficient (Wildman–Crippen LogP) is 3.74. The summed E-state index contributed by atoms with van der Waals surface area (Å²) in [7, 11) is 0. The van der Waals surface area contributed by atoms with Gasteiger partial charge in [0.15, 0.2) is 0 Å². The summed E-state index contributed by atoms with van der Waals surface area (Å²) in [5.74, 6) is -0.147. The Morgan fingerprint density at radius 3 is 2.65 bits per heavy atom. The Balaban J connectivity index is 1.88. The Labute approximate surface area is 122 Å². The van der Waals surface area contributed by atoms with E-state index in [1.54, 1.807) is 12.1 Å². The second kappa shape index (κ2) is 7.75. The average molecular weight is 278 g/mol. The number of halogens is 1. The standard InChI is InChI=1S/C17H27FN2/c1-3-17(15-8-7-9-16(18)12-15)19-14(2)13-20-10-5-4-6-11-20/h7-9,12,14,17,19H,3-6,10-11,13H2,1-2H3. The molecule has 1 aromatic carbocycles. The van der Waals surface area contributed by atoms with Crippen LogP contribution in [0.15, 0.2) is 24.3 Å². The van der Waals surface area contributed by atoms with Gasteiger partial charge in [-0.05, 0) is 57.0 Å².